The van der Waals surface area contributed by atoms with Crippen molar-refractivity contribution in [1.29, 1.82) is 0 Å². The fraction of sp³-hybridized carbons (Fsp3) is 0.444. The van der Waals surface area contributed by atoms with Crippen molar-refractivity contribution in [3.8, 4) is 0 Å². The first-order valence-corrected chi connectivity index (χ1v) is 8.14. The highest BCUT2D eigenvalue weighted by Gasteiger charge is 2.17. The minimum Gasteiger partial charge on any atom is -0.297 e. The van der Waals surface area contributed by atoms with Crippen LogP contribution in [0, 0.1) is 0 Å². The highest BCUT2D eigenvalue weighted by atomic mass is 16.2. The number of nitrogens with zero attached hydrogens (tertiary/aromatic N) is 1. The Kier molecular flexibility index (Phi) is 4.56. The molecule has 1 N–H and O–H groups in total. The molecule has 0 radical (unpaired) electrons. The van der Waals surface area contributed by atoms with E-state index in [-0.39, 0.29) is 11.2 Å². The molecule has 0 amide bonds. The quantitative estimate of drug-likeness (QED) is 0.862. The molecule has 22 heavy (non-hydrogen) atoms. The summed E-state index contributed by atoms with van der Waals surface area (Å²) >= 11 is 0. The molecule has 0 saturated carbocycles. The number of fused-ring (bicyclic) bond motifs is 1. The Morgan fingerprint density at radius 2 is 1.77 bits per heavy atom. The number of aromatic amines is 1. The lowest BCUT2D eigenvalue weighted by molar-refractivity contribution is 0.523. The maximum Gasteiger partial charge on any atom is 0.328 e. The van der Waals surface area contributed by atoms with Gasteiger partial charge in [-0.15, -0.1) is 0 Å². The number of H-pyrrole nitrogens is 1. The van der Waals surface area contributed by atoms with Crippen LogP contribution in [-0.4, -0.2) is 9.55 Å². The van der Waals surface area contributed by atoms with Crippen molar-refractivity contribution in [3.63, 3.8) is 0 Å². The average Bonchev–Trinajstić information content (AvgIpc) is 2.55. The molecule has 1 aliphatic carbocycles. The monoisotopic (exact) mass is 298 g/mol. The highest BCUT2D eigenvalue weighted by Crippen LogP contribution is 2.17. The number of aryl methyl sites for hydroxylation is 1. The molecular weight excluding hydrogens is 276 g/mol. The molecule has 0 aliphatic heterocycles. The fourth-order valence-electron chi connectivity index (χ4n) is 3.27. The van der Waals surface area contributed by atoms with E-state index >= 15 is 0 Å². The fourth-order valence-corrected chi connectivity index (χ4v) is 3.27. The summed E-state index contributed by atoms with van der Waals surface area (Å²) in [4.78, 5) is 26.4. The number of hydrogen-bond acceptors (Lipinski definition) is 2. The van der Waals surface area contributed by atoms with Crippen LogP contribution >= 0.6 is 0 Å². The maximum atomic E-state index is 12.1. The van der Waals surface area contributed by atoms with E-state index in [2.05, 4.69) is 29.2 Å². The molecule has 0 atom stereocenters. The maximum absolute atomic E-state index is 12.1. The van der Waals surface area contributed by atoms with E-state index in [1.54, 1.807) is 4.57 Å². The summed E-state index contributed by atoms with van der Waals surface area (Å²) in [5.41, 5.74) is 2.71. The van der Waals surface area contributed by atoms with Gasteiger partial charge in [0.05, 0.1) is 0 Å². The molecule has 1 heterocycles. The number of hydrogen-bond donors (Lipinski definition) is 1. The Bertz CT molecular complexity index is 744. The normalized spacial score (nSPS) is 13.8. The van der Waals surface area contributed by atoms with Crippen LogP contribution in [0.5, 0.6) is 0 Å². The molecule has 0 spiro atoms. The van der Waals surface area contributed by atoms with Crippen molar-refractivity contribution in [1.82, 2.24) is 9.55 Å². The number of benzene rings is 1. The molecule has 1 aromatic carbocycles. The molecule has 0 bridgehead atoms. The molecule has 4 heteroatoms. The summed E-state index contributed by atoms with van der Waals surface area (Å²) in [5, 5.41) is 0. The van der Waals surface area contributed by atoms with E-state index in [1.165, 1.54) is 5.56 Å². The first kappa shape index (κ1) is 14.8. The Morgan fingerprint density at radius 1 is 1.00 bits per heavy atom. The molecule has 1 aliphatic rings. The van der Waals surface area contributed by atoms with Crippen molar-refractivity contribution in [3.05, 3.63) is 68.0 Å². The molecule has 0 unspecified atom stereocenters. The van der Waals surface area contributed by atoms with E-state index in [1.807, 2.05) is 6.07 Å². The topological polar surface area (TPSA) is 54.9 Å². The summed E-state index contributed by atoms with van der Waals surface area (Å²) in [6.45, 7) is 0.699. The second-order valence-electron chi connectivity index (χ2n) is 5.99. The zero-order chi connectivity index (χ0) is 15.4. The molecule has 0 saturated heterocycles. The van der Waals surface area contributed by atoms with Gasteiger partial charge >= 0.3 is 5.69 Å². The molecule has 2 aromatic rings. The molecule has 3 rings (SSSR count). The van der Waals surface area contributed by atoms with Crippen molar-refractivity contribution in [2.24, 2.45) is 0 Å². The summed E-state index contributed by atoms with van der Waals surface area (Å²) in [6, 6.07) is 10.4. The zero-order valence-corrected chi connectivity index (χ0v) is 12.8. The minimum absolute atomic E-state index is 0.180. The van der Waals surface area contributed by atoms with Gasteiger partial charge in [0, 0.05) is 17.8 Å². The average molecular weight is 298 g/mol. The second kappa shape index (κ2) is 6.77. The van der Waals surface area contributed by atoms with Crippen LogP contribution in [-0.2, 0) is 25.8 Å². The largest absolute Gasteiger partial charge is 0.328 e. The smallest absolute Gasteiger partial charge is 0.297 e. The van der Waals surface area contributed by atoms with Gasteiger partial charge in [0.15, 0.2) is 0 Å². The summed E-state index contributed by atoms with van der Waals surface area (Å²) in [5.74, 6) is 0. The van der Waals surface area contributed by atoms with Crippen LogP contribution in [0.3, 0.4) is 0 Å². The van der Waals surface area contributed by atoms with Gasteiger partial charge in [-0.05, 0) is 50.5 Å². The van der Waals surface area contributed by atoms with Gasteiger partial charge in [-0.3, -0.25) is 14.3 Å². The molecule has 1 aromatic heterocycles. The van der Waals surface area contributed by atoms with Crippen LogP contribution < -0.4 is 11.2 Å². The Labute approximate surface area is 129 Å². The van der Waals surface area contributed by atoms with E-state index in [9.17, 15) is 9.59 Å². The van der Waals surface area contributed by atoms with Crippen LogP contribution in [0.4, 0.5) is 0 Å². The number of unbranched alkanes of at least 4 members (excludes halogenated alkanes) is 1. The highest BCUT2D eigenvalue weighted by molar-refractivity contribution is 5.20. The third-order valence-electron chi connectivity index (χ3n) is 4.44. The lowest BCUT2D eigenvalue weighted by Crippen LogP contribution is -2.36. The predicted octanol–water partition coefficient (Wildman–Crippen LogP) is 2.44. The van der Waals surface area contributed by atoms with Gasteiger partial charge in [-0.25, -0.2) is 4.79 Å². The predicted molar refractivity (Wildman–Crippen MR) is 87.3 cm³/mol. The molecule has 0 fully saturated rings. The van der Waals surface area contributed by atoms with Gasteiger partial charge in [0.2, 0.25) is 0 Å². The van der Waals surface area contributed by atoms with Crippen LogP contribution in [0.15, 0.2) is 39.9 Å². The van der Waals surface area contributed by atoms with Crippen LogP contribution in [0.2, 0.25) is 0 Å². The van der Waals surface area contributed by atoms with E-state index in [0.717, 1.165) is 56.2 Å². The summed E-state index contributed by atoms with van der Waals surface area (Å²) in [7, 11) is 0. The number of aromatic nitrogens is 2. The van der Waals surface area contributed by atoms with Gasteiger partial charge in [-0.2, -0.15) is 0 Å². The van der Waals surface area contributed by atoms with Gasteiger partial charge in [0.1, 0.15) is 0 Å². The Morgan fingerprint density at radius 3 is 2.59 bits per heavy atom. The van der Waals surface area contributed by atoms with E-state index < -0.39 is 0 Å². The Hall–Kier alpha value is -2.10. The first-order chi connectivity index (χ1) is 10.8. The zero-order valence-electron chi connectivity index (χ0n) is 12.8. The van der Waals surface area contributed by atoms with Crippen molar-refractivity contribution >= 4 is 0 Å². The SMILES string of the molecule is O=c1[nH]c(=O)n(CCCCc2ccccc2)c2c1CCCC2. The standard InChI is InChI=1S/C18H22N2O2/c21-17-15-11-4-5-12-16(15)20(18(22)19-17)13-7-6-10-14-8-2-1-3-9-14/h1-3,8-9H,4-7,10-13H2,(H,19,21,22). The van der Waals surface area contributed by atoms with Crippen LogP contribution in [0.1, 0.15) is 42.5 Å². The molecule has 4 nitrogen and oxygen atoms in total. The van der Waals surface area contributed by atoms with Gasteiger partial charge in [-0.1, -0.05) is 30.3 Å². The summed E-state index contributed by atoms with van der Waals surface area (Å²) < 4.78 is 1.79. The lowest BCUT2D eigenvalue weighted by Gasteiger charge is -2.19. The van der Waals surface area contributed by atoms with Gasteiger partial charge in [0.25, 0.3) is 5.56 Å². The van der Waals surface area contributed by atoms with Crippen molar-refractivity contribution in [2.75, 3.05) is 0 Å². The number of nitrogens with one attached hydrogen (secondary N) is 1. The van der Waals surface area contributed by atoms with Crippen molar-refractivity contribution < 1.29 is 0 Å². The minimum atomic E-state index is -0.245. The second-order valence-corrected chi connectivity index (χ2v) is 5.99. The molecular formula is C18H22N2O2. The van der Waals surface area contributed by atoms with Gasteiger partial charge < -0.3 is 0 Å². The first-order valence-electron chi connectivity index (χ1n) is 8.14. The third-order valence-corrected chi connectivity index (χ3v) is 4.44. The molecule has 116 valence electrons. The van der Waals surface area contributed by atoms with Crippen molar-refractivity contribution in [2.45, 2.75) is 51.5 Å². The lowest BCUT2D eigenvalue weighted by atomic mass is 9.96. The summed E-state index contributed by atoms with van der Waals surface area (Å²) in [6.07, 6.45) is 6.79. The third kappa shape index (κ3) is 3.21. The number of rotatable bonds is 5. The van der Waals surface area contributed by atoms with E-state index in [4.69, 9.17) is 0 Å². The van der Waals surface area contributed by atoms with Crippen LogP contribution in [0.25, 0.3) is 0 Å². The van der Waals surface area contributed by atoms with E-state index in [0.29, 0.717) is 6.54 Å². The Balaban J connectivity index is 1.68.